The van der Waals surface area contributed by atoms with Crippen LogP contribution >= 0.6 is 0 Å². The topological polar surface area (TPSA) is 43.8 Å². The van der Waals surface area contributed by atoms with Gasteiger partial charge < -0.3 is 14.9 Å². The van der Waals surface area contributed by atoms with E-state index in [4.69, 9.17) is 0 Å². The largest absolute Gasteiger partial charge is 0.388 e. The highest BCUT2D eigenvalue weighted by molar-refractivity contribution is 5.75. The Morgan fingerprint density at radius 1 is 1.23 bits per heavy atom. The van der Waals surface area contributed by atoms with Crippen LogP contribution in [0.2, 0.25) is 0 Å². The lowest BCUT2D eigenvalue weighted by atomic mass is 10.0. The van der Waals surface area contributed by atoms with E-state index in [1.54, 1.807) is 0 Å². The molecule has 1 atom stereocenters. The first-order valence-electron chi connectivity index (χ1n) is 8.25. The van der Waals surface area contributed by atoms with E-state index in [-0.39, 0.29) is 5.91 Å². The summed E-state index contributed by atoms with van der Waals surface area (Å²) in [6, 6.07) is 10.4. The van der Waals surface area contributed by atoms with E-state index in [2.05, 4.69) is 11.9 Å². The van der Waals surface area contributed by atoms with E-state index < -0.39 is 6.10 Å². The maximum Gasteiger partial charge on any atom is 0.222 e. The molecular formula is C18H28N2O2. The summed E-state index contributed by atoms with van der Waals surface area (Å²) in [7, 11) is 4.00. The second-order valence-corrected chi connectivity index (χ2v) is 6.35. The minimum absolute atomic E-state index is 0.171. The molecule has 1 saturated carbocycles. The Kier molecular flexibility index (Phi) is 6.40. The second kappa shape index (κ2) is 8.30. The van der Waals surface area contributed by atoms with E-state index in [9.17, 15) is 9.90 Å². The Bertz CT molecular complexity index is 459. The molecule has 0 aliphatic heterocycles. The number of hydrogen-bond acceptors (Lipinski definition) is 3. The molecule has 0 heterocycles. The fourth-order valence-corrected chi connectivity index (χ4v) is 2.61. The molecule has 0 spiro atoms. The third-order valence-corrected chi connectivity index (χ3v) is 4.44. The third-order valence-electron chi connectivity index (χ3n) is 4.44. The number of aliphatic hydroxyl groups is 1. The fourth-order valence-electron chi connectivity index (χ4n) is 2.61. The zero-order valence-corrected chi connectivity index (χ0v) is 13.7. The van der Waals surface area contributed by atoms with Crippen molar-refractivity contribution in [3.05, 3.63) is 35.9 Å². The summed E-state index contributed by atoms with van der Waals surface area (Å²) in [6.07, 6.45) is 3.98. The second-order valence-electron chi connectivity index (χ2n) is 6.35. The molecule has 0 aromatic heterocycles. The molecular weight excluding hydrogens is 276 g/mol. The summed E-state index contributed by atoms with van der Waals surface area (Å²) in [6.45, 7) is 1.73. The number of amides is 1. The molecule has 1 aliphatic rings. The monoisotopic (exact) mass is 304 g/mol. The molecule has 1 amide bonds. The summed E-state index contributed by atoms with van der Waals surface area (Å²) >= 11 is 0. The molecule has 0 radical (unpaired) electrons. The summed E-state index contributed by atoms with van der Waals surface area (Å²) in [4.78, 5) is 16.2. The van der Waals surface area contributed by atoms with Crippen molar-refractivity contribution in [3.8, 4) is 0 Å². The number of hydrogen-bond donors (Lipinski definition) is 1. The first-order valence-corrected chi connectivity index (χ1v) is 8.25. The maximum absolute atomic E-state index is 12.1. The van der Waals surface area contributed by atoms with Gasteiger partial charge in [0.15, 0.2) is 0 Å². The number of benzene rings is 1. The van der Waals surface area contributed by atoms with Crippen LogP contribution in [0.15, 0.2) is 30.3 Å². The van der Waals surface area contributed by atoms with Gasteiger partial charge in [-0.3, -0.25) is 4.79 Å². The van der Waals surface area contributed by atoms with Crippen LogP contribution in [-0.2, 0) is 4.79 Å². The van der Waals surface area contributed by atoms with Crippen LogP contribution < -0.4 is 0 Å². The van der Waals surface area contributed by atoms with E-state index in [0.29, 0.717) is 12.8 Å². The Balaban J connectivity index is 1.62. The molecule has 1 aromatic rings. The molecule has 4 nitrogen and oxygen atoms in total. The SMILES string of the molecule is CN(CCN(C)C1CC1)C(=O)CCCC(O)c1ccccc1. The third kappa shape index (κ3) is 5.43. The molecule has 1 fully saturated rings. The molecule has 1 aromatic carbocycles. The number of carbonyl (C=O) groups is 1. The van der Waals surface area contributed by atoms with Gasteiger partial charge in [-0.15, -0.1) is 0 Å². The van der Waals surface area contributed by atoms with Crippen LogP contribution in [0, 0.1) is 0 Å². The Morgan fingerprint density at radius 3 is 2.55 bits per heavy atom. The van der Waals surface area contributed by atoms with Crippen molar-refractivity contribution in [2.75, 3.05) is 27.2 Å². The van der Waals surface area contributed by atoms with Crippen molar-refractivity contribution in [1.29, 1.82) is 0 Å². The number of nitrogens with zero attached hydrogens (tertiary/aromatic N) is 2. The summed E-state index contributed by atoms with van der Waals surface area (Å²) in [5, 5.41) is 10.1. The normalized spacial score (nSPS) is 15.8. The van der Waals surface area contributed by atoms with Gasteiger partial charge in [0.25, 0.3) is 0 Å². The smallest absolute Gasteiger partial charge is 0.222 e. The minimum atomic E-state index is -0.472. The summed E-state index contributed by atoms with van der Waals surface area (Å²) in [5.74, 6) is 0.171. The number of rotatable bonds is 9. The van der Waals surface area contributed by atoms with Gasteiger partial charge in [0.05, 0.1) is 6.10 Å². The van der Waals surface area contributed by atoms with Crippen molar-refractivity contribution < 1.29 is 9.90 Å². The van der Waals surface area contributed by atoms with Gasteiger partial charge in [-0.1, -0.05) is 30.3 Å². The molecule has 1 aliphatic carbocycles. The molecule has 2 rings (SSSR count). The van der Waals surface area contributed by atoms with E-state index in [0.717, 1.165) is 31.1 Å². The van der Waals surface area contributed by atoms with Crippen LogP contribution in [-0.4, -0.2) is 54.0 Å². The first kappa shape index (κ1) is 17.0. The standard InChI is InChI=1S/C18H28N2O2/c1-19(16-11-12-16)13-14-20(2)18(22)10-6-9-17(21)15-7-4-3-5-8-15/h3-5,7-8,16-17,21H,6,9-14H2,1-2H3. The van der Waals surface area contributed by atoms with E-state index in [1.807, 2.05) is 42.3 Å². The van der Waals surface area contributed by atoms with Crippen molar-refractivity contribution in [1.82, 2.24) is 9.80 Å². The van der Waals surface area contributed by atoms with Crippen LogP contribution in [0.5, 0.6) is 0 Å². The average Bonchev–Trinajstić information content (AvgIpc) is 3.37. The molecule has 1 unspecified atom stereocenters. The molecule has 0 saturated heterocycles. The molecule has 22 heavy (non-hydrogen) atoms. The predicted molar refractivity (Wildman–Crippen MR) is 88.5 cm³/mol. The van der Waals surface area contributed by atoms with Gasteiger partial charge in [0, 0.05) is 32.6 Å². The highest BCUT2D eigenvalue weighted by Crippen LogP contribution is 2.24. The van der Waals surface area contributed by atoms with Crippen LogP contribution in [0.3, 0.4) is 0 Å². The Hall–Kier alpha value is -1.39. The predicted octanol–water partition coefficient (Wildman–Crippen LogP) is 2.44. The van der Waals surface area contributed by atoms with Crippen molar-refractivity contribution in [2.24, 2.45) is 0 Å². The average molecular weight is 304 g/mol. The zero-order valence-electron chi connectivity index (χ0n) is 13.7. The number of likely N-dealkylation sites (N-methyl/N-ethyl adjacent to an activating group) is 2. The summed E-state index contributed by atoms with van der Waals surface area (Å²) in [5.41, 5.74) is 0.925. The quantitative estimate of drug-likeness (QED) is 0.762. The van der Waals surface area contributed by atoms with Gasteiger partial charge in [-0.25, -0.2) is 0 Å². The number of carbonyl (C=O) groups excluding carboxylic acids is 1. The van der Waals surface area contributed by atoms with Gasteiger partial charge in [0.1, 0.15) is 0 Å². The van der Waals surface area contributed by atoms with Gasteiger partial charge >= 0.3 is 0 Å². The lowest BCUT2D eigenvalue weighted by molar-refractivity contribution is -0.130. The zero-order chi connectivity index (χ0) is 15.9. The lowest BCUT2D eigenvalue weighted by Crippen LogP contribution is -2.35. The maximum atomic E-state index is 12.1. The van der Waals surface area contributed by atoms with Crippen molar-refractivity contribution in [3.63, 3.8) is 0 Å². The van der Waals surface area contributed by atoms with Gasteiger partial charge in [0.2, 0.25) is 5.91 Å². The fraction of sp³-hybridized carbons (Fsp3) is 0.611. The molecule has 122 valence electrons. The Labute approximate surface area is 133 Å². The highest BCUT2D eigenvalue weighted by atomic mass is 16.3. The first-order chi connectivity index (χ1) is 10.6. The van der Waals surface area contributed by atoms with Crippen molar-refractivity contribution in [2.45, 2.75) is 44.2 Å². The van der Waals surface area contributed by atoms with Crippen LogP contribution in [0.1, 0.15) is 43.8 Å². The van der Waals surface area contributed by atoms with Gasteiger partial charge in [-0.05, 0) is 38.3 Å². The van der Waals surface area contributed by atoms with Crippen LogP contribution in [0.4, 0.5) is 0 Å². The summed E-state index contributed by atoms with van der Waals surface area (Å²) < 4.78 is 0. The highest BCUT2D eigenvalue weighted by Gasteiger charge is 2.26. The minimum Gasteiger partial charge on any atom is -0.388 e. The van der Waals surface area contributed by atoms with Gasteiger partial charge in [-0.2, -0.15) is 0 Å². The number of aliphatic hydroxyl groups excluding tert-OH is 1. The van der Waals surface area contributed by atoms with Crippen molar-refractivity contribution >= 4 is 5.91 Å². The molecule has 0 bridgehead atoms. The Morgan fingerprint density at radius 2 is 1.91 bits per heavy atom. The van der Waals surface area contributed by atoms with E-state index in [1.165, 1.54) is 12.8 Å². The lowest BCUT2D eigenvalue weighted by Gasteiger charge is -2.22. The molecule has 1 N–H and O–H groups in total. The van der Waals surface area contributed by atoms with Crippen LogP contribution in [0.25, 0.3) is 0 Å². The molecule has 4 heteroatoms. The van der Waals surface area contributed by atoms with E-state index >= 15 is 0 Å².